The van der Waals surface area contributed by atoms with Crippen LogP contribution in [-0.4, -0.2) is 19.0 Å². The highest BCUT2D eigenvalue weighted by molar-refractivity contribution is 4.87. The Morgan fingerprint density at radius 2 is 1.80 bits per heavy atom. The Morgan fingerprint density at radius 3 is 2.27 bits per heavy atom. The largest absolute Gasteiger partial charge is 0.349 e. The third kappa shape index (κ3) is 2.73. The third-order valence-electron chi connectivity index (χ3n) is 3.56. The summed E-state index contributed by atoms with van der Waals surface area (Å²) >= 11 is 0. The minimum absolute atomic E-state index is 0. The van der Waals surface area contributed by atoms with E-state index in [4.69, 9.17) is 9.47 Å². The molecule has 1 saturated carbocycles. The first-order valence-corrected chi connectivity index (χ1v) is 5.83. The third-order valence-corrected chi connectivity index (χ3v) is 3.56. The molecule has 1 aliphatic heterocycles. The van der Waals surface area contributed by atoms with Gasteiger partial charge >= 0.3 is 0 Å². The Hall–Kier alpha value is -0.0800. The molecular weight excluding hydrogens is 188 g/mol. The maximum atomic E-state index is 5.95. The van der Waals surface area contributed by atoms with Crippen LogP contribution < -0.4 is 0 Å². The van der Waals surface area contributed by atoms with E-state index >= 15 is 0 Å². The highest BCUT2D eigenvalue weighted by Gasteiger charge is 2.45. The summed E-state index contributed by atoms with van der Waals surface area (Å²) in [5, 5.41) is 0. The van der Waals surface area contributed by atoms with Crippen molar-refractivity contribution in [2.75, 3.05) is 13.2 Å². The predicted molar refractivity (Wildman–Crippen MR) is 62.8 cm³/mol. The first-order valence-electron chi connectivity index (χ1n) is 5.83. The van der Waals surface area contributed by atoms with Gasteiger partial charge in [0.05, 0.1) is 13.2 Å². The van der Waals surface area contributed by atoms with E-state index in [0.717, 1.165) is 32.0 Å². The van der Waals surface area contributed by atoms with Crippen molar-refractivity contribution in [3.05, 3.63) is 0 Å². The predicted octanol–water partition coefficient (Wildman–Crippen LogP) is 3.60. The fraction of sp³-hybridized carbons (Fsp3) is 1.00. The summed E-state index contributed by atoms with van der Waals surface area (Å²) < 4.78 is 11.9. The van der Waals surface area contributed by atoms with E-state index in [1.165, 1.54) is 12.8 Å². The Balaban J connectivity index is 0.00000112. The molecule has 0 aromatic heterocycles. The van der Waals surface area contributed by atoms with Crippen molar-refractivity contribution < 1.29 is 9.47 Å². The summed E-state index contributed by atoms with van der Waals surface area (Å²) in [5.41, 5.74) is 0.204. The molecule has 2 heteroatoms. The highest BCUT2D eigenvalue weighted by Crippen LogP contribution is 2.43. The van der Waals surface area contributed by atoms with E-state index in [0.29, 0.717) is 0 Å². The number of rotatable bonds is 1. The maximum Gasteiger partial charge on any atom is 0.168 e. The minimum Gasteiger partial charge on any atom is -0.349 e. The van der Waals surface area contributed by atoms with E-state index in [2.05, 4.69) is 20.8 Å². The summed E-state index contributed by atoms with van der Waals surface area (Å²) in [6.07, 6.45) is 4.75. The van der Waals surface area contributed by atoms with Crippen LogP contribution >= 0.6 is 0 Å². The van der Waals surface area contributed by atoms with Gasteiger partial charge in [-0.1, -0.05) is 34.6 Å². The average molecular weight is 214 g/mol. The lowest BCUT2D eigenvalue weighted by Gasteiger charge is -2.41. The highest BCUT2D eigenvalue weighted by atomic mass is 16.7. The lowest BCUT2D eigenvalue weighted by molar-refractivity contribution is -0.296. The molecule has 1 heterocycles. The van der Waals surface area contributed by atoms with E-state index in [1.807, 2.05) is 0 Å². The van der Waals surface area contributed by atoms with Crippen LogP contribution in [0.3, 0.4) is 0 Å². The second-order valence-electron chi connectivity index (χ2n) is 5.67. The summed E-state index contributed by atoms with van der Waals surface area (Å²) in [6.45, 7) is 8.36. The average Bonchev–Trinajstić information content (AvgIpc) is 2.56. The van der Waals surface area contributed by atoms with Crippen molar-refractivity contribution in [1.29, 1.82) is 0 Å². The molecule has 1 aliphatic carbocycles. The Kier molecular flexibility index (Phi) is 3.83. The fourth-order valence-electron chi connectivity index (χ4n) is 2.42. The molecule has 0 radical (unpaired) electrons. The van der Waals surface area contributed by atoms with Crippen LogP contribution in [0.5, 0.6) is 0 Å². The van der Waals surface area contributed by atoms with Crippen LogP contribution in [-0.2, 0) is 9.47 Å². The Labute approximate surface area is 94.3 Å². The molecule has 2 aliphatic rings. The van der Waals surface area contributed by atoms with E-state index in [-0.39, 0.29) is 18.6 Å². The molecule has 0 bridgehead atoms. The standard InChI is InChI=1S/C12H22O2.CH4/c1-4-10-5-6-12(7-10)13-8-11(2,3)9-14-12;/h10H,4-9H2,1-3H3;1H4/t10-;/m0./s1. The summed E-state index contributed by atoms with van der Waals surface area (Å²) in [5.74, 6) is 0.618. The van der Waals surface area contributed by atoms with E-state index in [1.54, 1.807) is 0 Å². The molecule has 2 rings (SSSR count). The van der Waals surface area contributed by atoms with Crippen molar-refractivity contribution in [1.82, 2.24) is 0 Å². The summed E-state index contributed by atoms with van der Waals surface area (Å²) in [7, 11) is 0. The molecule has 0 amide bonds. The Morgan fingerprint density at radius 1 is 1.20 bits per heavy atom. The molecule has 0 aromatic carbocycles. The first-order chi connectivity index (χ1) is 6.55. The van der Waals surface area contributed by atoms with E-state index in [9.17, 15) is 0 Å². The van der Waals surface area contributed by atoms with Gasteiger partial charge in [0.1, 0.15) is 0 Å². The quantitative estimate of drug-likeness (QED) is 0.664. The van der Waals surface area contributed by atoms with Gasteiger partial charge in [-0.05, 0) is 12.3 Å². The van der Waals surface area contributed by atoms with Gasteiger partial charge in [0.15, 0.2) is 5.79 Å². The normalized spacial score (nSPS) is 32.6. The molecule has 0 N–H and O–H groups in total. The van der Waals surface area contributed by atoms with Crippen molar-refractivity contribution in [3.63, 3.8) is 0 Å². The molecule has 2 nitrogen and oxygen atoms in total. The van der Waals surface area contributed by atoms with E-state index < -0.39 is 0 Å². The second-order valence-corrected chi connectivity index (χ2v) is 5.67. The number of hydrogen-bond donors (Lipinski definition) is 0. The van der Waals surface area contributed by atoms with Gasteiger partial charge in [0, 0.05) is 18.3 Å². The van der Waals surface area contributed by atoms with Crippen molar-refractivity contribution in [2.45, 2.75) is 59.7 Å². The van der Waals surface area contributed by atoms with Gasteiger partial charge in [0.25, 0.3) is 0 Å². The van der Waals surface area contributed by atoms with Crippen LogP contribution in [0.4, 0.5) is 0 Å². The van der Waals surface area contributed by atoms with Gasteiger partial charge in [-0.3, -0.25) is 0 Å². The van der Waals surface area contributed by atoms with Crippen LogP contribution in [0, 0.1) is 11.3 Å². The van der Waals surface area contributed by atoms with Gasteiger partial charge in [-0.2, -0.15) is 0 Å². The fourth-order valence-corrected chi connectivity index (χ4v) is 2.42. The van der Waals surface area contributed by atoms with Crippen molar-refractivity contribution in [3.8, 4) is 0 Å². The molecule has 0 unspecified atom stereocenters. The molecule has 0 aromatic rings. The zero-order chi connectivity index (χ0) is 10.2. The monoisotopic (exact) mass is 214 g/mol. The first kappa shape index (κ1) is 13.0. The van der Waals surface area contributed by atoms with Gasteiger partial charge in [-0.15, -0.1) is 0 Å². The molecular formula is C13H26O2. The van der Waals surface area contributed by atoms with Gasteiger partial charge in [-0.25, -0.2) is 0 Å². The van der Waals surface area contributed by atoms with Gasteiger partial charge in [0.2, 0.25) is 0 Å². The Bertz CT molecular complexity index is 201. The molecule has 1 atom stereocenters. The van der Waals surface area contributed by atoms with Crippen molar-refractivity contribution in [2.24, 2.45) is 11.3 Å². The lowest BCUT2D eigenvalue weighted by Crippen LogP contribution is -2.46. The molecule has 1 spiro atoms. The van der Waals surface area contributed by atoms with Crippen LogP contribution in [0.2, 0.25) is 0 Å². The van der Waals surface area contributed by atoms with Crippen molar-refractivity contribution >= 4 is 0 Å². The summed E-state index contributed by atoms with van der Waals surface area (Å²) in [6, 6.07) is 0. The topological polar surface area (TPSA) is 18.5 Å². The SMILES string of the molecule is C.CC[C@H]1CCC2(C1)OCC(C)(C)CO2. The maximum absolute atomic E-state index is 5.95. The molecule has 90 valence electrons. The summed E-state index contributed by atoms with van der Waals surface area (Å²) in [4.78, 5) is 0. The molecule has 1 saturated heterocycles. The zero-order valence-corrected chi connectivity index (χ0v) is 9.64. The van der Waals surface area contributed by atoms with Gasteiger partial charge < -0.3 is 9.47 Å². The zero-order valence-electron chi connectivity index (χ0n) is 9.64. The smallest absolute Gasteiger partial charge is 0.168 e. The minimum atomic E-state index is -0.198. The van der Waals surface area contributed by atoms with Crippen LogP contribution in [0.1, 0.15) is 53.9 Å². The van der Waals surface area contributed by atoms with Crippen LogP contribution in [0.15, 0.2) is 0 Å². The van der Waals surface area contributed by atoms with Crippen LogP contribution in [0.25, 0.3) is 0 Å². The molecule has 15 heavy (non-hydrogen) atoms. The second kappa shape index (κ2) is 4.42. The number of ether oxygens (including phenoxy) is 2. The lowest BCUT2D eigenvalue weighted by atomic mass is 9.94. The molecule has 2 fully saturated rings. The number of hydrogen-bond acceptors (Lipinski definition) is 2.